The number of carbonyl (C=O) groups is 1. The average molecular weight is 218 g/mol. The summed E-state index contributed by atoms with van der Waals surface area (Å²) in [4.78, 5) is 14.7. The van der Waals surface area contributed by atoms with Crippen LogP contribution in [0.3, 0.4) is 0 Å². The average Bonchev–Trinajstić information content (AvgIpc) is 2.71. The molecule has 0 bridgehead atoms. The summed E-state index contributed by atoms with van der Waals surface area (Å²) in [5.74, 6) is 0.701. The Morgan fingerprint density at radius 2 is 2.25 bits per heavy atom. The Kier molecular flexibility index (Phi) is 2.81. The molecule has 1 aromatic carbocycles. The second-order valence-electron chi connectivity index (χ2n) is 3.50. The zero-order valence-corrected chi connectivity index (χ0v) is 9.33. The molecule has 2 aromatic rings. The third-order valence-corrected chi connectivity index (χ3v) is 2.41. The lowest BCUT2D eigenvalue weighted by atomic mass is 10.2. The van der Waals surface area contributed by atoms with E-state index < -0.39 is 0 Å². The molecule has 2 N–H and O–H groups in total. The van der Waals surface area contributed by atoms with Gasteiger partial charge in [0.25, 0.3) is 5.91 Å². The van der Waals surface area contributed by atoms with Crippen molar-refractivity contribution in [3.63, 3.8) is 0 Å². The van der Waals surface area contributed by atoms with Gasteiger partial charge in [-0.3, -0.25) is 4.79 Å². The molecular formula is C12H14N2O2. The van der Waals surface area contributed by atoms with E-state index in [1.165, 1.54) is 0 Å². The summed E-state index contributed by atoms with van der Waals surface area (Å²) in [5, 5.41) is 3.72. The zero-order chi connectivity index (χ0) is 11.5. The molecule has 0 radical (unpaired) electrons. The molecule has 1 amide bonds. The molecule has 0 atom stereocenters. The standard InChI is InChI=1S/C12H14N2O2/c1-3-13-12(15)11-7-8-6-9(16-2)4-5-10(8)14-11/h4-7,14H,3H2,1-2H3,(H,13,15). The van der Waals surface area contributed by atoms with Gasteiger partial charge in [0.2, 0.25) is 0 Å². The maximum absolute atomic E-state index is 11.6. The Hall–Kier alpha value is -1.97. The minimum Gasteiger partial charge on any atom is -0.497 e. The van der Waals surface area contributed by atoms with Gasteiger partial charge in [0, 0.05) is 17.4 Å². The van der Waals surface area contributed by atoms with Gasteiger partial charge < -0.3 is 15.0 Å². The van der Waals surface area contributed by atoms with Gasteiger partial charge in [0.05, 0.1) is 7.11 Å². The first-order valence-electron chi connectivity index (χ1n) is 5.19. The maximum Gasteiger partial charge on any atom is 0.267 e. The van der Waals surface area contributed by atoms with Crippen LogP contribution >= 0.6 is 0 Å². The Balaban J connectivity index is 2.39. The van der Waals surface area contributed by atoms with Gasteiger partial charge >= 0.3 is 0 Å². The van der Waals surface area contributed by atoms with E-state index in [1.54, 1.807) is 7.11 Å². The van der Waals surface area contributed by atoms with E-state index in [2.05, 4.69) is 10.3 Å². The third-order valence-electron chi connectivity index (χ3n) is 2.41. The largest absolute Gasteiger partial charge is 0.497 e. The van der Waals surface area contributed by atoms with Crippen molar-refractivity contribution in [1.29, 1.82) is 0 Å². The van der Waals surface area contributed by atoms with Gasteiger partial charge in [0.1, 0.15) is 11.4 Å². The zero-order valence-electron chi connectivity index (χ0n) is 9.33. The molecule has 0 saturated heterocycles. The van der Waals surface area contributed by atoms with Crippen molar-refractivity contribution in [1.82, 2.24) is 10.3 Å². The number of H-pyrrole nitrogens is 1. The summed E-state index contributed by atoms with van der Waals surface area (Å²) in [6, 6.07) is 7.48. The third kappa shape index (κ3) is 1.86. The topological polar surface area (TPSA) is 54.1 Å². The van der Waals surface area contributed by atoms with E-state index in [4.69, 9.17) is 4.74 Å². The molecular weight excluding hydrogens is 204 g/mol. The van der Waals surface area contributed by atoms with Crippen LogP contribution in [0, 0.1) is 0 Å². The van der Waals surface area contributed by atoms with Crippen LogP contribution in [0.25, 0.3) is 10.9 Å². The fraction of sp³-hybridized carbons (Fsp3) is 0.250. The number of fused-ring (bicyclic) bond motifs is 1. The number of hydrogen-bond donors (Lipinski definition) is 2. The summed E-state index contributed by atoms with van der Waals surface area (Å²) in [6.07, 6.45) is 0. The van der Waals surface area contributed by atoms with E-state index in [-0.39, 0.29) is 5.91 Å². The number of carbonyl (C=O) groups excluding carboxylic acids is 1. The van der Waals surface area contributed by atoms with Gasteiger partial charge in [-0.25, -0.2) is 0 Å². The second kappa shape index (κ2) is 4.26. The molecule has 84 valence electrons. The molecule has 1 heterocycles. The van der Waals surface area contributed by atoms with Gasteiger partial charge in [-0.1, -0.05) is 0 Å². The first kappa shape index (κ1) is 10.5. The van der Waals surface area contributed by atoms with Gasteiger partial charge in [-0.05, 0) is 31.2 Å². The minimum absolute atomic E-state index is 0.0855. The lowest BCUT2D eigenvalue weighted by Crippen LogP contribution is -2.22. The molecule has 1 aromatic heterocycles. The van der Waals surface area contributed by atoms with Crippen molar-refractivity contribution in [2.75, 3.05) is 13.7 Å². The van der Waals surface area contributed by atoms with Gasteiger partial charge in [-0.2, -0.15) is 0 Å². The van der Waals surface area contributed by atoms with Crippen LogP contribution in [0.5, 0.6) is 5.75 Å². The Bertz CT molecular complexity index is 517. The van der Waals surface area contributed by atoms with Crippen molar-refractivity contribution >= 4 is 16.8 Å². The van der Waals surface area contributed by atoms with E-state index >= 15 is 0 Å². The van der Waals surface area contributed by atoms with Crippen LogP contribution in [0.15, 0.2) is 24.3 Å². The van der Waals surface area contributed by atoms with Crippen molar-refractivity contribution in [3.05, 3.63) is 30.0 Å². The number of amides is 1. The van der Waals surface area contributed by atoms with Crippen LogP contribution in [0.1, 0.15) is 17.4 Å². The van der Waals surface area contributed by atoms with E-state index in [9.17, 15) is 4.79 Å². The van der Waals surface area contributed by atoms with Crippen molar-refractivity contribution < 1.29 is 9.53 Å². The molecule has 4 nitrogen and oxygen atoms in total. The van der Waals surface area contributed by atoms with Crippen LogP contribution < -0.4 is 10.1 Å². The molecule has 0 aliphatic heterocycles. The lowest BCUT2D eigenvalue weighted by Gasteiger charge is -1.97. The number of aromatic amines is 1. The molecule has 0 unspecified atom stereocenters. The first-order chi connectivity index (χ1) is 7.74. The number of rotatable bonds is 3. The summed E-state index contributed by atoms with van der Waals surface area (Å²) in [6.45, 7) is 2.51. The van der Waals surface area contributed by atoms with E-state index in [0.717, 1.165) is 16.7 Å². The minimum atomic E-state index is -0.0855. The second-order valence-corrected chi connectivity index (χ2v) is 3.50. The predicted molar refractivity (Wildman–Crippen MR) is 62.9 cm³/mol. The van der Waals surface area contributed by atoms with Crippen LogP contribution in [-0.4, -0.2) is 24.5 Å². The van der Waals surface area contributed by atoms with Crippen LogP contribution in [0.4, 0.5) is 0 Å². The highest BCUT2D eigenvalue weighted by Gasteiger charge is 2.08. The molecule has 0 spiro atoms. The summed E-state index contributed by atoms with van der Waals surface area (Å²) < 4.78 is 5.13. The van der Waals surface area contributed by atoms with E-state index in [1.807, 2.05) is 31.2 Å². The van der Waals surface area contributed by atoms with Crippen molar-refractivity contribution in [2.45, 2.75) is 6.92 Å². The molecule has 0 aliphatic rings. The highest BCUT2D eigenvalue weighted by atomic mass is 16.5. The number of benzene rings is 1. The molecule has 16 heavy (non-hydrogen) atoms. The molecule has 4 heteroatoms. The van der Waals surface area contributed by atoms with Crippen molar-refractivity contribution in [2.24, 2.45) is 0 Å². The fourth-order valence-electron chi connectivity index (χ4n) is 1.62. The number of aromatic nitrogens is 1. The molecule has 2 rings (SSSR count). The molecule has 0 aliphatic carbocycles. The number of ether oxygens (including phenoxy) is 1. The van der Waals surface area contributed by atoms with Crippen LogP contribution in [0.2, 0.25) is 0 Å². The lowest BCUT2D eigenvalue weighted by molar-refractivity contribution is 0.0951. The first-order valence-corrected chi connectivity index (χ1v) is 5.19. The monoisotopic (exact) mass is 218 g/mol. The Morgan fingerprint density at radius 1 is 1.44 bits per heavy atom. The Morgan fingerprint density at radius 3 is 2.94 bits per heavy atom. The Labute approximate surface area is 93.6 Å². The number of methoxy groups -OCH3 is 1. The van der Waals surface area contributed by atoms with Gasteiger partial charge in [0.15, 0.2) is 0 Å². The summed E-state index contributed by atoms with van der Waals surface area (Å²) in [5.41, 5.74) is 1.51. The fourth-order valence-corrected chi connectivity index (χ4v) is 1.62. The summed E-state index contributed by atoms with van der Waals surface area (Å²) >= 11 is 0. The highest BCUT2D eigenvalue weighted by molar-refractivity contribution is 5.98. The van der Waals surface area contributed by atoms with Gasteiger partial charge in [-0.15, -0.1) is 0 Å². The quantitative estimate of drug-likeness (QED) is 0.827. The summed E-state index contributed by atoms with van der Waals surface area (Å²) in [7, 11) is 1.62. The normalized spacial score (nSPS) is 10.4. The molecule has 0 fully saturated rings. The highest BCUT2D eigenvalue weighted by Crippen LogP contribution is 2.21. The number of hydrogen-bond acceptors (Lipinski definition) is 2. The van der Waals surface area contributed by atoms with Crippen LogP contribution in [-0.2, 0) is 0 Å². The smallest absolute Gasteiger partial charge is 0.267 e. The number of nitrogens with one attached hydrogen (secondary N) is 2. The molecule has 0 saturated carbocycles. The maximum atomic E-state index is 11.6. The predicted octanol–water partition coefficient (Wildman–Crippen LogP) is 1.93. The SMILES string of the molecule is CCNC(=O)c1cc2cc(OC)ccc2[nH]1. The van der Waals surface area contributed by atoms with E-state index in [0.29, 0.717) is 12.2 Å². The van der Waals surface area contributed by atoms with Crippen molar-refractivity contribution in [3.8, 4) is 5.75 Å².